The first-order valence-corrected chi connectivity index (χ1v) is 7.31. The molecule has 0 bridgehead atoms. The number of amides is 1. The van der Waals surface area contributed by atoms with Gasteiger partial charge < -0.3 is 19.9 Å². The minimum atomic E-state index is -1.08. The number of hydrogen-bond donors (Lipinski definition) is 2. The Morgan fingerprint density at radius 1 is 1.41 bits per heavy atom. The first-order valence-electron chi connectivity index (χ1n) is 6.93. The zero-order valence-corrected chi connectivity index (χ0v) is 13.0. The van der Waals surface area contributed by atoms with Crippen molar-refractivity contribution >= 4 is 29.2 Å². The molecular formula is C15H18ClNO5. The Labute approximate surface area is 133 Å². The normalized spacial score (nSPS) is 15.7. The molecule has 0 spiro atoms. The van der Waals surface area contributed by atoms with Crippen LogP contribution in [0.4, 0.5) is 5.69 Å². The summed E-state index contributed by atoms with van der Waals surface area (Å²) in [5, 5.41) is 11.6. The summed E-state index contributed by atoms with van der Waals surface area (Å²) >= 11 is 6.00. The first-order chi connectivity index (χ1) is 10.4. The fourth-order valence-electron chi connectivity index (χ4n) is 2.36. The Balaban J connectivity index is 1.94. The van der Waals surface area contributed by atoms with Gasteiger partial charge in [0.1, 0.15) is 5.75 Å². The molecule has 6 nitrogen and oxygen atoms in total. The molecule has 2 rings (SSSR count). The maximum Gasteiger partial charge on any atom is 0.341 e. The van der Waals surface area contributed by atoms with Crippen LogP contribution in [0.15, 0.2) is 18.2 Å². The summed E-state index contributed by atoms with van der Waals surface area (Å²) in [6.45, 7) is -0.470. The number of benzene rings is 1. The molecule has 22 heavy (non-hydrogen) atoms. The molecule has 1 aliphatic carbocycles. The summed E-state index contributed by atoms with van der Waals surface area (Å²) in [6.07, 6.45) is 3.15. The Bertz CT molecular complexity index is 566. The van der Waals surface area contributed by atoms with Crippen molar-refractivity contribution in [2.75, 3.05) is 19.0 Å². The van der Waals surface area contributed by atoms with Gasteiger partial charge >= 0.3 is 5.97 Å². The van der Waals surface area contributed by atoms with E-state index >= 15 is 0 Å². The van der Waals surface area contributed by atoms with Crippen LogP contribution in [0.5, 0.6) is 5.75 Å². The minimum Gasteiger partial charge on any atom is -0.480 e. The number of ether oxygens (including phenoxy) is 2. The summed E-state index contributed by atoms with van der Waals surface area (Å²) in [5.74, 6) is -0.968. The molecule has 0 radical (unpaired) electrons. The van der Waals surface area contributed by atoms with Crippen LogP contribution >= 0.6 is 11.6 Å². The van der Waals surface area contributed by atoms with Gasteiger partial charge in [0.25, 0.3) is 0 Å². The Morgan fingerprint density at radius 2 is 2.14 bits per heavy atom. The lowest BCUT2D eigenvalue weighted by Gasteiger charge is -2.39. The van der Waals surface area contributed by atoms with Crippen molar-refractivity contribution in [1.29, 1.82) is 0 Å². The lowest BCUT2D eigenvalue weighted by molar-refractivity contribution is -0.139. The number of carboxylic acids is 1. The Hall–Kier alpha value is -1.79. The third kappa shape index (κ3) is 4.11. The van der Waals surface area contributed by atoms with Gasteiger partial charge in [-0.3, -0.25) is 4.79 Å². The zero-order chi connectivity index (χ0) is 16.2. The van der Waals surface area contributed by atoms with Crippen LogP contribution in [-0.4, -0.2) is 36.3 Å². The largest absolute Gasteiger partial charge is 0.480 e. The number of halogens is 1. The van der Waals surface area contributed by atoms with Gasteiger partial charge in [-0.05, 0) is 37.5 Å². The molecule has 0 heterocycles. The monoisotopic (exact) mass is 327 g/mol. The second-order valence-electron chi connectivity index (χ2n) is 5.29. The van der Waals surface area contributed by atoms with Crippen LogP contribution in [0.25, 0.3) is 0 Å². The number of nitrogens with one attached hydrogen (secondary N) is 1. The molecule has 1 amide bonds. The van der Waals surface area contributed by atoms with Crippen LogP contribution in [-0.2, 0) is 14.3 Å². The molecule has 0 aliphatic heterocycles. The van der Waals surface area contributed by atoms with Crippen molar-refractivity contribution in [3.05, 3.63) is 23.2 Å². The second kappa shape index (κ2) is 6.98. The van der Waals surface area contributed by atoms with Crippen LogP contribution < -0.4 is 10.1 Å². The van der Waals surface area contributed by atoms with Crippen LogP contribution in [0, 0.1) is 0 Å². The summed E-state index contributed by atoms with van der Waals surface area (Å²) < 4.78 is 10.4. The van der Waals surface area contributed by atoms with E-state index in [0.29, 0.717) is 12.1 Å². The van der Waals surface area contributed by atoms with Crippen molar-refractivity contribution in [2.45, 2.75) is 31.3 Å². The van der Waals surface area contributed by atoms with Gasteiger partial charge in [0.15, 0.2) is 6.61 Å². The summed E-state index contributed by atoms with van der Waals surface area (Å²) in [4.78, 5) is 22.5. The molecule has 0 atom stereocenters. The lowest BCUT2D eigenvalue weighted by Crippen LogP contribution is -2.42. The van der Waals surface area contributed by atoms with E-state index in [9.17, 15) is 9.59 Å². The number of carboxylic acid groups (broad SMARTS) is 1. The molecule has 2 N–H and O–H groups in total. The van der Waals surface area contributed by atoms with Gasteiger partial charge in [0.2, 0.25) is 5.91 Å². The van der Waals surface area contributed by atoms with Crippen molar-refractivity contribution in [2.24, 2.45) is 0 Å². The van der Waals surface area contributed by atoms with Crippen LogP contribution in [0.1, 0.15) is 25.7 Å². The predicted molar refractivity (Wildman–Crippen MR) is 81.4 cm³/mol. The third-order valence-electron chi connectivity index (χ3n) is 3.75. The van der Waals surface area contributed by atoms with Crippen molar-refractivity contribution in [1.82, 2.24) is 0 Å². The average Bonchev–Trinajstić information content (AvgIpc) is 2.42. The van der Waals surface area contributed by atoms with Gasteiger partial charge in [0, 0.05) is 12.8 Å². The molecule has 7 heteroatoms. The van der Waals surface area contributed by atoms with Gasteiger partial charge in [0.05, 0.1) is 17.0 Å². The maximum atomic E-state index is 12.0. The predicted octanol–water partition coefficient (Wildman–Crippen LogP) is 2.70. The highest BCUT2D eigenvalue weighted by Crippen LogP contribution is 2.38. The zero-order valence-electron chi connectivity index (χ0n) is 12.2. The summed E-state index contributed by atoms with van der Waals surface area (Å²) in [5.41, 5.74) is 0.196. The average molecular weight is 328 g/mol. The van der Waals surface area contributed by atoms with Crippen LogP contribution in [0.2, 0.25) is 5.02 Å². The summed E-state index contributed by atoms with van der Waals surface area (Å²) in [6, 6.07) is 4.66. The van der Waals surface area contributed by atoms with Crippen molar-refractivity contribution < 1.29 is 24.2 Å². The van der Waals surface area contributed by atoms with E-state index in [0.717, 1.165) is 19.3 Å². The fraction of sp³-hybridized carbons (Fsp3) is 0.467. The molecule has 1 aromatic carbocycles. The van der Waals surface area contributed by atoms with E-state index < -0.39 is 12.6 Å². The SMILES string of the molecule is COC1(CC(=O)Nc2ccc(OCC(=O)O)c(Cl)c2)CCC1. The minimum absolute atomic E-state index is 0.142. The number of methoxy groups -OCH3 is 1. The van der Waals surface area contributed by atoms with Gasteiger partial charge in [-0.25, -0.2) is 4.79 Å². The number of hydrogen-bond acceptors (Lipinski definition) is 4. The fourth-order valence-corrected chi connectivity index (χ4v) is 2.59. The van der Waals surface area contributed by atoms with Crippen LogP contribution in [0.3, 0.4) is 0 Å². The quantitative estimate of drug-likeness (QED) is 0.804. The van der Waals surface area contributed by atoms with E-state index in [1.807, 2.05) is 0 Å². The molecule has 1 saturated carbocycles. The molecule has 120 valence electrons. The highest BCUT2D eigenvalue weighted by Gasteiger charge is 2.38. The van der Waals surface area contributed by atoms with Crippen molar-refractivity contribution in [3.8, 4) is 5.75 Å². The number of aliphatic carboxylic acids is 1. The molecule has 0 unspecified atom stereocenters. The number of anilines is 1. The van der Waals surface area contributed by atoms with E-state index in [2.05, 4.69) is 5.32 Å². The van der Waals surface area contributed by atoms with E-state index in [-0.39, 0.29) is 22.3 Å². The summed E-state index contributed by atoms with van der Waals surface area (Å²) in [7, 11) is 1.62. The molecular weight excluding hydrogens is 310 g/mol. The topological polar surface area (TPSA) is 84.9 Å². The van der Waals surface area contributed by atoms with Gasteiger partial charge in [-0.1, -0.05) is 11.6 Å². The lowest BCUT2D eigenvalue weighted by atomic mass is 9.77. The Morgan fingerprint density at radius 3 is 2.64 bits per heavy atom. The molecule has 1 aromatic rings. The smallest absolute Gasteiger partial charge is 0.341 e. The van der Waals surface area contributed by atoms with E-state index in [1.54, 1.807) is 13.2 Å². The highest BCUT2D eigenvalue weighted by molar-refractivity contribution is 6.32. The highest BCUT2D eigenvalue weighted by atomic mass is 35.5. The third-order valence-corrected chi connectivity index (χ3v) is 4.04. The Kier molecular flexibility index (Phi) is 5.26. The van der Waals surface area contributed by atoms with Crippen molar-refractivity contribution in [3.63, 3.8) is 0 Å². The second-order valence-corrected chi connectivity index (χ2v) is 5.70. The standard InChI is InChI=1S/C15H18ClNO5/c1-21-15(5-2-6-15)8-13(18)17-10-3-4-12(11(16)7-10)22-9-14(19)20/h3-4,7H,2,5-6,8-9H2,1H3,(H,17,18)(H,19,20). The number of carbonyl (C=O) groups is 2. The maximum absolute atomic E-state index is 12.0. The molecule has 1 fully saturated rings. The number of carbonyl (C=O) groups excluding carboxylic acids is 1. The first kappa shape index (κ1) is 16.6. The molecule has 1 aliphatic rings. The van der Waals surface area contributed by atoms with Gasteiger partial charge in [-0.15, -0.1) is 0 Å². The van der Waals surface area contributed by atoms with E-state index in [1.165, 1.54) is 12.1 Å². The van der Waals surface area contributed by atoms with E-state index in [4.69, 9.17) is 26.2 Å². The van der Waals surface area contributed by atoms with Gasteiger partial charge in [-0.2, -0.15) is 0 Å². The number of rotatable bonds is 7. The molecule has 0 saturated heterocycles. The molecule has 0 aromatic heterocycles.